The Hall–Kier alpha value is -1.88. The van der Waals surface area contributed by atoms with Crippen LogP contribution < -0.4 is 4.74 Å². The number of aliphatic hydroxyl groups is 1. The first-order chi connectivity index (χ1) is 8.80. The van der Waals surface area contributed by atoms with Crippen LogP contribution in [0.25, 0.3) is 11.3 Å². The second-order valence-electron chi connectivity index (χ2n) is 3.99. The van der Waals surface area contributed by atoms with Crippen LogP contribution in [0.2, 0.25) is 0 Å². The van der Waals surface area contributed by atoms with Gasteiger partial charge in [-0.25, -0.2) is 4.68 Å². The van der Waals surface area contributed by atoms with Crippen LogP contribution in [0.5, 0.6) is 5.75 Å². The predicted octanol–water partition coefficient (Wildman–Crippen LogP) is 1.86. The summed E-state index contributed by atoms with van der Waals surface area (Å²) in [5.74, 6) is 0.804. The first-order valence-corrected chi connectivity index (χ1v) is 5.97. The lowest BCUT2D eigenvalue weighted by Crippen LogP contribution is -2.02. The number of benzene rings is 1. The summed E-state index contributed by atoms with van der Waals surface area (Å²) >= 11 is 0. The predicted molar refractivity (Wildman–Crippen MR) is 68.2 cm³/mol. The lowest BCUT2D eigenvalue weighted by Gasteiger charge is -2.07. The van der Waals surface area contributed by atoms with Crippen LogP contribution in [0.15, 0.2) is 24.3 Å². The van der Waals surface area contributed by atoms with Gasteiger partial charge < -0.3 is 9.84 Å². The molecule has 0 atom stereocenters. The van der Waals surface area contributed by atoms with Crippen LogP contribution in [-0.4, -0.2) is 27.2 Å². The molecule has 0 amide bonds. The Morgan fingerprint density at radius 2 is 2.00 bits per heavy atom. The van der Waals surface area contributed by atoms with Crippen molar-refractivity contribution in [3.63, 3.8) is 0 Å². The molecule has 0 aliphatic carbocycles. The number of hydrogen-bond acceptors (Lipinski definition) is 4. The fourth-order valence-corrected chi connectivity index (χ4v) is 1.89. The number of hydrogen-bond donors (Lipinski definition) is 1. The molecule has 0 aliphatic heterocycles. The molecule has 18 heavy (non-hydrogen) atoms. The van der Waals surface area contributed by atoms with E-state index >= 15 is 0 Å². The highest BCUT2D eigenvalue weighted by Crippen LogP contribution is 2.24. The number of rotatable bonds is 5. The van der Waals surface area contributed by atoms with Crippen molar-refractivity contribution < 1.29 is 9.84 Å². The minimum Gasteiger partial charge on any atom is -0.497 e. The monoisotopic (exact) mass is 247 g/mol. The summed E-state index contributed by atoms with van der Waals surface area (Å²) in [5.41, 5.74) is 2.47. The molecule has 96 valence electrons. The van der Waals surface area contributed by atoms with Crippen molar-refractivity contribution in [2.24, 2.45) is 0 Å². The molecule has 0 aliphatic rings. The molecule has 0 fully saturated rings. The Morgan fingerprint density at radius 3 is 2.56 bits per heavy atom. The highest BCUT2D eigenvalue weighted by atomic mass is 16.5. The van der Waals surface area contributed by atoms with E-state index in [9.17, 15) is 5.11 Å². The van der Waals surface area contributed by atoms with E-state index < -0.39 is 0 Å². The van der Waals surface area contributed by atoms with Gasteiger partial charge in [0.15, 0.2) is 0 Å². The van der Waals surface area contributed by atoms with E-state index in [2.05, 4.69) is 17.2 Å². The van der Waals surface area contributed by atoms with Gasteiger partial charge >= 0.3 is 0 Å². The SMILES string of the molecule is CCCn1nnc(CO)c1-c1ccc(OC)cc1. The third kappa shape index (κ3) is 2.36. The van der Waals surface area contributed by atoms with Gasteiger partial charge in [0.25, 0.3) is 0 Å². The molecule has 0 spiro atoms. The van der Waals surface area contributed by atoms with Gasteiger partial charge in [-0.1, -0.05) is 12.1 Å². The van der Waals surface area contributed by atoms with Crippen LogP contribution in [0, 0.1) is 0 Å². The average molecular weight is 247 g/mol. The molecule has 0 radical (unpaired) electrons. The van der Waals surface area contributed by atoms with Gasteiger partial charge in [-0.15, -0.1) is 5.10 Å². The number of aromatic nitrogens is 3. The van der Waals surface area contributed by atoms with Gasteiger partial charge in [-0.2, -0.15) is 0 Å². The topological polar surface area (TPSA) is 60.2 Å². The van der Waals surface area contributed by atoms with Crippen molar-refractivity contribution in [1.82, 2.24) is 15.0 Å². The second kappa shape index (κ2) is 5.64. The maximum Gasteiger partial charge on any atom is 0.118 e. The van der Waals surface area contributed by atoms with Gasteiger partial charge in [0.05, 0.1) is 19.4 Å². The van der Waals surface area contributed by atoms with Gasteiger partial charge in [-0.3, -0.25) is 0 Å². The van der Waals surface area contributed by atoms with Crippen molar-refractivity contribution in [2.75, 3.05) is 7.11 Å². The Bertz CT molecular complexity index is 505. The van der Waals surface area contributed by atoms with Crippen LogP contribution >= 0.6 is 0 Å². The number of aryl methyl sites for hydroxylation is 1. The van der Waals surface area contributed by atoms with Crippen LogP contribution in [-0.2, 0) is 13.2 Å². The maximum atomic E-state index is 9.32. The minimum absolute atomic E-state index is 0.106. The summed E-state index contributed by atoms with van der Waals surface area (Å²) in [5, 5.41) is 17.4. The van der Waals surface area contributed by atoms with Crippen molar-refractivity contribution >= 4 is 0 Å². The smallest absolute Gasteiger partial charge is 0.118 e. The molecule has 5 nitrogen and oxygen atoms in total. The van der Waals surface area contributed by atoms with Crippen LogP contribution in [0.1, 0.15) is 19.0 Å². The molecule has 1 heterocycles. The number of nitrogens with zero attached hydrogens (tertiary/aromatic N) is 3. The lowest BCUT2D eigenvalue weighted by molar-refractivity contribution is 0.277. The van der Waals surface area contributed by atoms with Gasteiger partial charge in [0.1, 0.15) is 11.4 Å². The van der Waals surface area contributed by atoms with Crippen LogP contribution in [0.3, 0.4) is 0 Å². The van der Waals surface area contributed by atoms with E-state index in [1.807, 2.05) is 28.9 Å². The minimum atomic E-state index is -0.106. The molecule has 2 aromatic rings. The third-order valence-electron chi connectivity index (χ3n) is 2.75. The van der Waals surface area contributed by atoms with E-state index in [1.165, 1.54) is 0 Å². The van der Waals surface area contributed by atoms with Crippen molar-refractivity contribution in [3.8, 4) is 17.0 Å². The van der Waals surface area contributed by atoms with Gasteiger partial charge in [0, 0.05) is 12.1 Å². The molecular weight excluding hydrogens is 230 g/mol. The lowest BCUT2D eigenvalue weighted by atomic mass is 10.1. The Morgan fingerprint density at radius 1 is 1.28 bits per heavy atom. The third-order valence-corrected chi connectivity index (χ3v) is 2.75. The standard InChI is InChI=1S/C13H17N3O2/c1-3-8-16-13(12(9-17)14-15-16)10-4-6-11(18-2)7-5-10/h4-7,17H,3,8-9H2,1-2H3. The number of methoxy groups -OCH3 is 1. The maximum absolute atomic E-state index is 9.32. The molecule has 2 rings (SSSR count). The molecular formula is C13H17N3O2. The van der Waals surface area contributed by atoms with E-state index in [0.29, 0.717) is 5.69 Å². The molecule has 0 saturated heterocycles. The molecule has 0 saturated carbocycles. The van der Waals surface area contributed by atoms with Crippen molar-refractivity contribution in [1.29, 1.82) is 0 Å². The van der Waals surface area contributed by atoms with E-state index in [0.717, 1.165) is 30.0 Å². The van der Waals surface area contributed by atoms with Crippen molar-refractivity contribution in [3.05, 3.63) is 30.0 Å². The summed E-state index contributed by atoms with van der Waals surface area (Å²) in [6.45, 7) is 2.76. The van der Waals surface area contributed by atoms with E-state index in [-0.39, 0.29) is 6.61 Å². The molecule has 1 aromatic heterocycles. The Balaban J connectivity index is 2.43. The summed E-state index contributed by atoms with van der Waals surface area (Å²) in [4.78, 5) is 0. The van der Waals surface area contributed by atoms with E-state index in [4.69, 9.17) is 4.74 Å². The molecule has 1 aromatic carbocycles. The highest BCUT2D eigenvalue weighted by molar-refractivity contribution is 5.62. The van der Waals surface area contributed by atoms with Gasteiger partial charge in [-0.05, 0) is 30.7 Å². The van der Waals surface area contributed by atoms with E-state index in [1.54, 1.807) is 7.11 Å². The Labute approximate surface area is 106 Å². The zero-order valence-electron chi connectivity index (χ0n) is 10.6. The fourth-order valence-electron chi connectivity index (χ4n) is 1.89. The first-order valence-electron chi connectivity index (χ1n) is 5.97. The first kappa shape index (κ1) is 12.6. The number of aliphatic hydroxyl groups excluding tert-OH is 1. The summed E-state index contributed by atoms with van der Waals surface area (Å²) in [7, 11) is 1.64. The fraction of sp³-hybridized carbons (Fsp3) is 0.385. The highest BCUT2D eigenvalue weighted by Gasteiger charge is 2.13. The largest absolute Gasteiger partial charge is 0.497 e. The second-order valence-corrected chi connectivity index (χ2v) is 3.99. The van der Waals surface area contributed by atoms with Crippen molar-refractivity contribution in [2.45, 2.75) is 26.5 Å². The van der Waals surface area contributed by atoms with Crippen LogP contribution in [0.4, 0.5) is 0 Å². The molecule has 0 unspecified atom stereocenters. The summed E-state index contributed by atoms with van der Waals surface area (Å²) in [6, 6.07) is 7.67. The zero-order valence-corrected chi connectivity index (χ0v) is 10.6. The molecule has 1 N–H and O–H groups in total. The summed E-state index contributed by atoms with van der Waals surface area (Å²) < 4.78 is 6.96. The Kier molecular flexibility index (Phi) is 3.94. The normalized spacial score (nSPS) is 10.6. The molecule has 5 heteroatoms. The average Bonchev–Trinajstić information content (AvgIpc) is 2.82. The quantitative estimate of drug-likeness (QED) is 0.876. The molecule has 0 bridgehead atoms. The zero-order chi connectivity index (χ0) is 13.0. The van der Waals surface area contributed by atoms with Gasteiger partial charge in [0.2, 0.25) is 0 Å². The number of ether oxygens (including phenoxy) is 1. The summed E-state index contributed by atoms with van der Waals surface area (Å²) in [6.07, 6.45) is 0.970.